The minimum Gasteiger partial charge on any atom is -0.389 e. The molecule has 1 aromatic heterocycles. The van der Waals surface area contributed by atoms with Crippen molar-refractivity contribution in [3.8, 4) is 0 Å². The van der Waals surface area contributed by atoms with Gasteiger partial charge in [0.2, 0.25) is 0 Å². The van der Waals surface area contributed by atoms with Crippen molar-refractivity contribution < 1.29 is 5.11 Å². The number of fused-ring (bicyclic) bond motifs is 1. The molecular weight excluding hydrogens is 387 g/mol. The zero-order valence-electron chi connectivity index (χ0n) is 15.2. The molecular formula is C20H30Cl2N2OS. The second kappa shape index (κ2) is 9.72. The summed E-state index contributed by atoms with van der Waals surface area (Å²) in [6.45, 7) is 5.30. The molecule has 0 spiro atoms. The summed E-state index contributed by atoms with van der Waals surface area (Å²) >= 11 is 1.83. The zero-order valence-corrected chi connectivity index (χ0v) is 17.6. The van der Waals surface area contributed by atoms with Crippen LogP contribution in [0.3, 0.4) is 0 Å². The van der Waals surface area contributed by atoms with Crippen molar-refractivity contribution in [2.45, 2.75) is 43.6 Å². The Labute approximate surface area is 173 Å². The highest BCUT2D eigenvalue weighted by Crippen LogP contribution is 2.44. The van der Waals surface area contributed by atoms with Gasteiger partial charge in [0.1, 0.15) is 0 Å². The fraction of sp³-hybridized carbons (Fsp3) is 0.600. The van der Waals surface area contributed by atoms with Crippen LogP contribution < -0.4 is 5.32 Å². The number of thiophene rings is 1. The van der Waals surface area contributed by atoms with Gasteiger partial charge in [-0.25, -0.2) is 0 Å². The molecule has 0 amide bonds. The van der Waals surface area contributed by atoms with Crippen LogP contribution in [-0.2, 0) is 0 Å². The number of rotatable bonds is 4. The zero-order chi connectivity index (χ0) is 16.4. The molecule has 2 heterocycles. The Morgan fingerprint density at radius 3 is 2.50 bits per heavy atom. The van der Waals surface area contributed by atoms with Gasteiger partial charge in [0, 0.05) is 43.3 Å². The van der Waals surface area contributed by atoms with Gasteiger partial charge >= 0.3 is 0 Å². The first-order valence-electron chi connectivity index (χ1n) is 9.38. The van der Waals surface area contributed by atoms with Gasteiger partial charge in [-0.1, -0.05) is 37.5 Å². The summed E-state index contributed by atoms with van der Waals surface area (Å²) in [5, 5.41) is 18.7. The fourth-order valence-corrected chi connectivity index (χ4v) is 5.51. The van der Waals surface area contributed by atoms with Crippen LogP contribution in [-0.4, -0.2) is 48.3 Å². The van der Waals surface area contributed by atoms with Gasteiger partial charge < -0.3 is 15.3 Å². The summed E-state index contributed by atoms with van der Waals surface area (Å²) < 4.78 is 1.34. The third-order valence-corrected chi connectivity index (χ3v) is 6.89. The lowest BCUT2D eigenvalue weighted by atomic mass is 9.72. The average molecular weight is 417 g/mol. The smallest absolute Gasteiger partial charge is 0.0728 e. The maximum absolute atomic E-state index is 11.6. The Balaban J connectivity index is 0.00000121. The van der Waals surface area contributed by atoms with Crippen molar-refractivity contribution in [2.24, 2.45) is 0 Å². The van der Waals surface area contributed by atoms with E-state index in [2.05, 4.69) is 39.9 Å². The van der Waals surface area contributed by atoms with Crippen LogP contribution in [0.4, 0.5) is 0 Å². The largest absolute Gasteiger partial charge is 0.389 e. The second-order valence-corrected chi connectivity index (χ2v) is 8.37. The first kappa shape index (κ1) is 21.9. The van der Waals surface area contributed by atoms with Gasteiger partial charge in [-0.05, 0) is 35.2 Å². The quantitative estimate of drug-likeness (QED) is 0.773. The normalized spacial score (nSPS) is 21.6. The molecule has 2 aromatic rings. The SMILES string of the molecule is Cl.Cl.OC1(C(CN2CCNCC2)c2csc3ccccc23)CCCCC1. The minimum atomic E-state index is -0.535. The van der Waals surface area contributed by atoms with Gasteiger partial charge in [-0.3, -0.25) is 0 Å². The summed E-state index contributed by atoms with van der Waals surface area (Å²) in [5.74, 6) is 0.229. The van der Waals surface area contributed by atoms with Crippen LogP contribution in [0.2, 0.25) is 0 Å². The molecule has 4 rings (SSSR count). The van der Waals surface area contributed by atoms with Crippen LogP contribution in [0.15, 0.2) is 29.6 Å². The first-order valence-corrected chi connectivity index (χ1v) is 10.3. The highest BCUT2D eigenvalue weighted by atomic mass is 35.5. The Morgan fingerprint density at radius 1 is 1.08 bits per heavy atom. The molecule has 1 unspecified atom stereocenters. The highest BCUT2D eigenvalue weighted by Gasteiger charge is 2.40. The van der Waals surface area contributed by atoms with Gasteiger partial charge in [0.25, 0.3) is 0 Å². The second-order valence-electron chi connectivity index (χ2n) is 7.45. The van der Waals surface area contributed by atoms with Gasteiger partial charge in [0.05, 0.1) is 5.60 Å². The number of nitrogens with zero attached hydrogens (tertiary/aromatic N) is 1. The van der Waals surface area contributed by atoms with Crippen molar-refractivity contribution in [3.63, 3.8) is 0 Å². The standard InChI is InChI=1S/C20H28N2OS.2ClH/c23-20(8-4-1-5-9-20)18(14-22-12-10-21-11-13-22)17-15-24-19-7-3-2-6-16(17)19;;/h2-3,6-7,15,18,21,23H,1,4-5,8-14H2;2*1H. The number of piperazine rings is 1. The van der Waals surface area contributed by atoms with Gasteiger partial charge in [-0.15, -0.1) is 36.2 Å². The topological polar surface area (TPSA) is 35.5 Å². The summed E-state index contributed by atoms with van der Waals surface area (Å²) in [5.41, 5.74) is 0.839. The Hall–Kier alpha value is -0.360. The Morgan fingerprint density at radius 2 is 1.77 bits per heavy atom. The maximum atomic E-state index is 11.6. The first-order chi connectivity index (χ1) is 11.8. The van der Waals surface area contributed by atoms with E-state index < -0.39 is 5.60 Å². The van der Waals surface area contributed by atoms with E-state index in [0.29, 0.717) is 0 Å². The van der Waals surface area contributed by atoms with E-state index in [1.165, 1.54) is 22.1 Å². The molecule has 146 valence electrons. The molecule has 1 aliphatic heterocycles. The average Bonchev–Trinajstić information content (AvgIpc) is 3.05. The summed E-state index contributed by atoms with van der Waals surface area (Å²) in [6, 6.07) is 8.68. The van der Waals surface area contributed by atoms with E-state index in [0.717, 1.165) is 58.4 Å². The van der Waals surface area contributed by atoms with Crippen LogP contribution in [0.25, 0.3) is 10.1 Å². The van der Waals surface area contributed by atoms with E-state index in [1.54, 1.807) is 0 Å². The van der Waals surface area contributed by atoms with E-state index in [4.69, 9.17) is 0 Å². The Bertz CT molecular complexity index is 681. The van der Waals surface area contributed by atoms with Crippen molar-refractivity contribution >= 4 is 46.2 Å². The van der Waals surface area contributed by atoms with E-state index >= 15 is 0 Å². The minimum absolute atomic E-state index is 0. The molecule has 1 atom stereocenters. The number of hydrogen-bond acceptors (Lipinski definition) is 4. The predicted molar refractivity (Wildman–Crippen MR) is 116 cm³/mol. The highest BCUT2D eigenvalue weighted by molar-refractivity contribution is 7.17. The monoisotopic (exact) mass is 416 g/mol. The van der Waals surface area contributed by atoms with Gasteiger partial charge in [0.15, 0.2) is 0 Å². The number of hydrogen-bond donors (Lipinski definition) is 2. The number of benzene rings is 1. The third kappa shape index (κ3) is 4.54. The lowest BCUT2D eigenvalue weighted by Gasteiger charge is -2.42. The Kier molecular flexibility index (Phi) is 8.20. The molecule has 2 aliphatic rings. The number of nitrogens with one attached hydrogen (secondary N) is 1. The lowest BCUT2D eigenvalue weighted by Crippen LogP contribution is -2.49. The van der Waals surface area contributed by atoms with Crippen molar-refractivity contribution in [1.29, 1.82) is 0 Å². The molecule has 1 saturated heterocycles. The van der Waals surface area contributed by atoms with Crippen LogP contribution >= 0.6 is 36.2 Å². The maximum Gasteiger partial charge on any atom is 0.0728 e. The van der Waals surface area contributed by atoms with Gasteiger partial charge in [-0.2, -0.15) is 0 Å². The van der Waals surface area contributed by atoms with E-state index in [-0.39, 0.29) is 30.7 Å². The summed E-state index contributed by atoms with van der Waals surface area (Å²) in [7, 11) is 0. The predicted octanol–water partition coefficient (Wildman–Crippen LogP) is 4.43. The summed E-state index contributed by atoms with van der Waals surface area (Å²) in [4.78, 5) is 2.54. The molecule has 1 saturated carbocycles. The summed E-state index contributed by atoms with van der Waals surface area (Å²) in [6.07, 6.45) is 5.50. The fourth-order valence-electron chi connectivity index (χ4n) is 4.49. The molecule has 1 aromatic carbocycles. The molecule has 3 nitrogen and oxygen atoms in total. The third-order valence-electron chi connectivity index (χ3n) is 5.90. The number of halogens is 2. The molecule has 26 heavy (non-hydrogen) atoms. The molecule has 6 heteroatoms. The van der Waals surface area contributed by atoms with Crippen LogP contribution in [0.5, 0.6) is 0 Å². The molecule has 0 bridgehead atoms. The van der Waals surface area contributed by atoms with Crippen molar-refractivity contribution in [1.82, 2.24) is 10.2 Å². The lowest BCUT2D eigenvalue weighted by molar-refractivity contribution is -0.0311. The van der Waals surface area contributed by atoms with Crippen LogP contribution in [0, 0.1) is 0 Å². The van der Waals surface area contributed by atoms with Crippen molar-refractivity contribution in [3.05, 3.63) is 35.2 Å². The molecule has 2 fully saturated rings. The van der Waals surface area contributed by atoms with E-state index in [1.807, 2.05) is 11.3 Å². The molecule has 1 aliphatic carbocycles. The van der Waals surface area contributed by atoms with E-state index in [9.17, 15) is 5.11 Å². The van der Waals surface area contributed by atoms with Crippen molar-refractivity contribution in [2.75, 3.05) is 32.7 Å². The van der Waals surface area contributed by atoms with Crippen LogP contribution in [0.1, 0.15) is 43.6 Å². The number of aliphatic hydroxyl groups is 1. The molecule has 2 N–H and O–H groups in total. The molecule has 0 radical (unpaired) electrons.